The Bertz CT molecular complexity index is 671. The number of halogens is 2. The zero-order chi connectivity index (χ0) is 13.9. The highest BCUT2D eigenvalue weighted by Crippen LogP contribution is 2.17. The van der Waals surface area contributed by atoms with Gasteiger partial charge in [0.2, 0.25) is 10.0 Å². The van der Waals surface area contributed by atoms with Crippen molar-refractivity contribution in [2.24, 2.45) is 0 Å². The number of sulfonamides is 1. The first-order chi connectivity index (χ1) is 8.99. The summed E-state index contributed by atoms with van der Waals surface area (Å²) in [6.45, 7) is 0.168. The van der Waals surface area contributed by atoms with Crippen LogP contribution in [0.5, 0.6) is 0 Å². The fourth-order valence-corrected chi connectivity index (χ4v) is 2.94. The van der Waals surface area contributed by atoms with E-state index in [2.05, 4.69) is 20.7 Å². The molecule has 0 saturated heterocycles. The van der Waals surface area contributed by atoms with Crippen LogP contribution >= 0.6 is 15.9 Å². The summed E-state index contributed by atoms with van der Waals surface area (Å²) < 4.78 is 40.0. The monoisotopic (exact) mass is 343 g/mol. The van der Waals surface area contributed by atoms with E-state index in [0.29, 0.717) is 0 Å². The third-order valence-electron chi connectivity index (χ3n) is 2.53. The molecule has 0 unspecified atom stereocenters. The Balaban J connectivity index is 2.14. The third-order valence-corrected chi connectivity index (χ3v) is 4.73. The number of benzene rings is 2. The fraction of sp³-hybridized carbons (Fsp3) is 0.0769. The molecule has 2 rings (SSSR count). The van der Waals surface area contributed by atoms with Crippen molar-refractivity contribution in [3.63, 3.8) is 0 Å². The molecule has 0 heterocycles. The van der Waals surface area contributed by atoms with Crippen LogP contribution in [0.15, 0.2) is 57.9 Å². The molecule has 0 aromatic heterocycles. The summed E-state index contributed by atoms with van der Waals surface area (Å²) in [6.07, 6.45) is 0. The van der Waals surface area contributed by atoms with Gasteiger partial charge in [-0.25, -0.2) is 17.5 Å². The summed E-state index contributed by atoms with van der Waals surface area (Å²) >= 11 is 3.35. The van der Waals surface area contributed by atoms with Gasteiger partial charge in [-0.3, -0.25) is 0 Å². The van der Waals surface area contributed by atoms with E-state index in [1.54, 1.807) is 0 Å². The van der Waals surface area contributed by atoms with Gasteiger partial charge in [0.1, 0.15) is 5.82 Å². The van der Waals surface area contributed by atoms with E-state index in [1.807, 2.05) is 24.3 Å². The lowest BCUT2D eigenvalue weighted by Gasteiger charge is -2.08. The lowest BCUT2D eigenvalue weighted by atomic mass is 10.2. The maximum Gasteiger partial charge on any atom is 0.240 e. The fourth-order valence-electron chi connectivity index (χ4n) is 1.51. The summed E-state index contributed by atoms with van der Waals surface area (Å²) in [5.41, 5.74) is 0.827. The Kier molecular flexibility index (Phi) is 4.34. The molecule has 0 aliphatic carbocycles. The van der Waals surface area contributed by atoms with Crippen molar-refractivity contribution in [2.75, 3.05) is 0 Å². The van der Waals surface area contributed by atoms with Crippen molar-refractivity contribution in [2.45, 2.75) is 11.4 Å². The normalized spacial score (nSPS) is 11.5. The van der Waals surface area contributed by atoms with Gasteiger partial charge in [0.05, 0.1) is 4.90 Å². The minimum atomic E-state index is -3.63. The summed E-state index contributed by atoms with van der Waals surface area (Å²) in [5, 5.41) is 0. The molecule has 0 aliphatic heterocycles. The van der Waals surface area contributed by atoms with Crippen molar-refractivity contribution in [1.82, 2.24) is 4.72 Å². The summed E-state index contributed by atoms with van der Waals surface area (Å²) in [6, 6.07) is 12.0. The molecule has 0 radical (unpaired) electrons. The second kappa shape index (κ2) is 5.81. The van der Waals surface area contributed by atoms with E-state index in [-0.39, 0.29) is 11.4 Å². The largest absolute Gasteiger partial charge is 0.240 e. The quantitative estimate of drug-likeness (QED) is 0.927. The van der Waals surface area contributed by atoms with Crippen molar-refractivity contribution in [3.8, 4) is 0 Å². The van der Waals surface area contributed by atoms with E-state index < -0.39 is 15.8 Å². The molecule has 0 spiro atoms. The molecular formula is C13H11BrFNO2S. The van der Waals surface area contributed by atoms with Crippen LogP contribution in [-0.2, 0) is 16.6 Å². The lowest BCUT2D eigenvalue weighted by molar-refractivity contribution is 0.580. The van der Waals surface area contributed by atoms with Crippen molar-refractivity contribution >= 4 is 26.0 Å². The van der Waals surface area contributed by atoms with Gasteiger partial charge in [0, 0.05) is 11.0 Å². The molecular weight excluding hydrogens is 333 g/mol. The zero-order valence-electron chi connectivity index (χ0n) is 9.81. The van der Waals surface area contributed by atoms with E-state index >= 15 is 0 Å². The van der Waals surface area contributed by atoms with Crippen LogP contribution in [0.4, 0.5) is 4.39 Å². The number of nitrogens with one attached hydrogen (secondary N) is 1. The third kappa shape index (κ3) is 3.62. The number of hydrogen-bond acceptors (Lipinski definition) is 2. The molecule has 0 aliphatic rings. The molecule has 100 valence electrons. The highest BCUT2D eigenvalue weighted by molar-refractivity contribution is 9.10. The predicted octanol–water partition coefficient (Wildman–Crippen LogP) is 3.07. The van der Waals surface area contributed by atoms with Gasteiger partial charge in [-0.1, -0.05) is 34.1 Å². The highest BCUT2D eigenvalue weighted by atomic mass is 79.9. The molecule has 2 aromatic rings. The van der Waals surface area contributed by atoms with Gasteiger partial charge in [-0.2, -0.15) is 0 Å². The average molecular weight is 344 g/mol. The number of rotatable bonds is 4. The minimum absolute atomic E-state index is 0.0425. The minimum Gasteiger partial charge on any atom is -0.207 e. The van der Waals surface area contributed by atoms with Crippen molar-refractivity contribution in [3.05, 3.63) is 64.4 Å². The smallest absolute Gasteiger partial charge is 0.207 e. The molecule has 1 N–H and O–H groups in total. The standard InChI is InChI=1S/C13H11BrFNO2S/c14-13-4-2-1-3-10(13)9-16-19(17,18)12-7-5-11(15)6-8-12/h1-8,16H,9H2. The SMILES string of the molecule is O=S(=O)(NCc1ccccc1Br)c1ccc(F)cc1. The van der Waals surface area contributed by atoms with Gasteiger partial charge in [-0.15, -0.1) is 0 Å². The van der Waals surface area contributed by atoms with E-state index in [0.717, 1.165) is 22.2 Å². The number of hydrogen-bond donors (Lipinski definition) is 1. The first kappa shape index (κ1) is 14.2. The molecule has 0 fully saturated rings. The second-order valence-electron chi connectivity index (χ2n) is 3.87. The van der Waals surface area contributed by atoms with Crippen LogP contribution in [0, 0.1) is 5.82 Å². The molecule has 0 atom stereocenters. The van der Waals surface area contributed by atoms with Crippen LogP contribution in [0.3, 0.4) is 0 Å². The van der Waals surface area contributed by atoms with Gasteiger partial charge in [0.25, 0.3) is 0 Å². The lowest BCUT2D eigenvalue weighted by Crippen LogP contribution is -2.23. The van der Waals surface area contributed by atoms with Gasteiger partial charge < -0.3 is 0 Å². The summed E-state index contributed by atoms with van der Waals surface area (Å²) in [5.74, 6) is -0.468. The molecule has 0 bridgehead atoms. The Labute approximate surface area is 119 Å². The van der Waals surface area contributed by atoms with Crippen LogP contribution < -0.4 is 4.72 Å². The van der Waals surface area contributed by atoms with Gasteiger partial charge in [0.15, 0.2) is 0 Å². The highest BCUT2D eigenvalue weighted by Gasteiger charge is 2.14. The first-order valence-corrected chi connectivity index (χ1v) is 7.75. The predicted molar refractivity (Wildman–Crippen MR) is 74.6 cm³/mol. The van der Waals surface area contributed by atoms with Crippen molar-refractivity contribution < 1.29 is 12.8 Å². The maximum absolute atomic E-state index is 12.8. The van der Waals surface area contributed by atoms with Crippen LogP contribution in [0.2, 0.25) is 0 Å². The topological polar surface area (TPSA) is 46.2 Å². The van der Waals surface area contributed by atoms with Gasteiger partial charge >= 0.3 is 0 Å². The van der Waals surface area contributed by atoms with Crippen LogP contribution in [0.25, 0.3) is 0 Å². The van der Waals surface area contributed by atoms with E-state index in [4.69, 9.17) is 0 Å². The van der Waals surface area contributed by atoms with Gasteiger partial charge in [-0.05, 0) is 35.9 Å². The van der Waals surface area contributed by atoms with E-state index in [9.17, 15) is 12.8 Å². The average Bonchev–Trinajstić information content (AvgIpc) is 2.38. The Morgan fingerprint density at radius 1 is 1.05 bits per heavy atom. The molecule has 0 amide bonds. The Hall–Kier alpha value is -1.24. The Morgan fingerprint density at radius 3 is 2.32 bits per heavy atom. The molecule has 19 heavy (non-hydrogen) atoms. The second-order valence-corrected chi connectivity index (χ2v) is 6.49. The molecule has 0 saturated carbocycles. The molecule has 3 nitrogen and oxygen atoms in total. The summed E-state index contributed by atoms with van der Waals surface area (Å²) in [4.78, 5) is 0.0425. The molecule has 2 aromatic carbocycles. The van der Waals surface area contributed by atoms with Crippen LogP contribution in [0.1, 0.15) is 5.56 Å². The van der Waals surface area contributed by atoms with Crippen LogP contribution in [-0.4, -0.2) is 8.42 Å². The molecule has 6 heteroatoms. The zero-order valence-corrected chi connectivity index (χ0v) is 12.2. The van der Waals surface area contributed by atoms with E-state index in [1.165, 1.54) is 12.1 Å². The summed E-state index contributed by atoms with van der Waals surface area (Å²) in [7, 11) is -3.63. The Morgan fingerprint density at radius 2 is 1.68 bits per heavy atom. The van der Waals surface area contributed by atoms with Crippen molar-refractivity contribution in [1.29, 1.82) is 0 Å². The maximum atomic E-state index is 12.8. The first-order valence-electron chi connectivity index (χ1n) is 5.48.